The molecule has 1 saturated heterocycles. The number of carbonyl (C=O) groups excluding carboxylic acids is 1. The second kappa shape index (κ2) is 9.24. The largest absolute Gasteiger partial charge is 0.381 e. The van der Waals surface area contributed by atoms with E-state index in [4.69, 9.17) is 4.74 Å². The smallest absolute Gasteiger partial charge is 0.222 e. The molecule has 6 heteroatoms. The van der Waals surface area contributed by atoms with Crippen molar-refractivity contribution in [3.05, 3.63) is 40.5 Å². The van der Waals surface area contributed by atoms with E-state index < -0.39 is 0 Å². The van der Waals surface area contributed by atoms with Gasteiger partial charge in [-0.25, -0.2) is 9.37 Å². The summed E-state index contributed by atoms with van der Waals surface area (Å²) in [4.78, 5) is 19.1. The number of carbonyl (C=O) groups is 1. The molecule has 0 saturated carbocycles. The summed E-state index contributed by atoms with van der Waals surface area (Å²) >= 11 is 1.55. The fraction of sp³-hybridized carbons (Fsp3) is 0.500. The van der Waals surface area contributed by atoms with Crippen molar-refractivity contribution in [3.63, 3.8) is 0 Å². The van der Waals surface area contributed by atoms with Crippen molar-refractivity contribution in [2.24, 2.45) is 5.92 Å². The van der Waals surface area contributed by atoms with Gasteiger partial charge in [0.1, 0.15) is 5.82 Å². The molecule has 1 amide bonds. The van der Waals surface area contributed by atoms with Crippen molar-refractivity contribution >= 4 is 17.2 Å². The maximum Gasteiger partial charge on any atom is 0.222 e. The Balaban J connectivity index is 1.51. The zero-order valence-corrected chi connectivity index (χ0v) is 15.9. The number of benzene rings is 1. The number of hydrogen-bond donors (Lipinski definition) is 0. The average Bonchev–Trinajstić information content (AvgIpc) is 3.14. The van der Waals surface area contributed by atoms with E-state index in [0.717, 1.165) is 55.4 Å². The van der Waals surface area contributed by atoms with Crippen LogP contribution in [0.2, 0.25) is 0 Å². The molecule has 1 aromatic carbocycles. The van der Waals surface area contributed by atoms with Gasteiger partial charge in [-0.3, -0.25) is 4.79 Å². The Morgan fingerprint density at radius 3 is 2.96 bits per heavy atom. The van der Waals surface area contributed by atoms with Crippen molar-refractivity contribution < 1.29 is 13.9 Å². The monoisotopic (exact) mass is 376 g/mol. The van der Waals surface area contributed by atoms with Gasteiger partial charge < -0.3 is 9.64 Å². The number of halogens is 1. The lowest BCUT2D eigenvalue weighted by molar-refractivity contribution is -0.133. The molecule has 0 radical (unpaired) electrons. The van der Waals surface area contributed by atoms with Crippen molar-refractivity contribution in [3.8, 4) is 11.3 Å². The van der Waals surface area contributed by atoms with Gasteiger partial charge in [-0.2, -0.15) is 0 Å². The average molecular weight is 376 g/mol. The van der Waals surface area contributed by atoms with Crippen LogP contribution in [0.5, 0.6) is 0 Å². The van der Waals surface area contributed by atoms with Crippen LogP contribution in [0.4, 0.5) is 4.39 Å². The summed E-state index contributed by atoms with van der Waals surface area (Å²) in [5.74, 6) is 0.404. The number of aryl methyl sites for hydroxylation is 1. The summed E-state index contributed by atoms with van der Waals surface area (Å²) in [5, 5.41) is 2.91. The van der Waals surface area contributed by atoms with Crippen LogP contribution in [0.3, 0.4) is 0 Å². The zero-order valence-electron chi connectivity index (χ0n) is 15.1. The molecule has 1 unspecified atom stereocenters. The van der Waals surface area contributed by atoms with E-state index in [1.54, 1.807) is 23.5 Å². The quantitative estimate of drug-likeness (QED) is 0.729. The molecule has 2 heterocycles. The number of aromatic nitrogens is 1. The van der Waals surface area contributed by atoms with Crippen LogP contribution in [-0.2, 0) is 16.0 Å². The Kier molecular flexibility index (Phi) is 6.74. The van der Waals surface area contributed by atoms with Gasteiger partial charge in [0.25, 0.3) is 0 Å². The Labute approximate surface area is 158 Å². The van der Waals surface area contributed by atoms with E-state index in [0.29, 0.717) is 18.8 Å². The summed E-state index contributed by atoms with van der Waals surface area (Å²) in [7, 11) is 0. The third kappa shape index (κ3) is 5.11. The predicted molar refractivity (Wildman–Crippen MR) is 102 cm³/mol. The second-order valence-corrected chi connectivity index (χ2v) is 7.58. The lowest BCUT2D eigenvalue weighted by Gasteiger charge is -2.32. The Hall–Kier alpha value is -1.79. The van der Waals surface area contributed by atoms with E-state index in [-0.39, 0.29) is 11.7 Å². The topological polar surface area (TPSA) is 42.4 Å². The fourth-order valence-electron chi connectivity index (χ4n) is 3.26. The molecule has 4 nitrogen and oxygen atoms in total. The lowest BCUT2D eigenvalue weighted by atomic mass is 9.98. The zero-order chi connectivity index (χ0) is 18.4. The highest BCUT2D eigenvalue weighted by atomic mass is 32.1. The Morgan fingerprint density at radius 2 is 2.19 bits per heavy atom. The first-order chi connectivity index (χ1) is 12.7. The highest BCUT2D eigenvalue weighted by Crippen LogP contribution is 2.23. The first-order valence-electron chi connectivity index (χ1n) is 9.21. The van der Waals surface area contributed by atoms with Crippen LogP contribution < -0.4 is 0 Å². The van der Waals surface area contributed by atoms with Gasteiger partial charge in [0.15, 0.2) is 0 Å². The highest BCUT2D eigenvalue weighted by molar-refractivity contribution is 7.09. The van der Waals surface area contributed by atoms with Gasteiger partial charge >= 0.3 is 0 Å². The molecule has 0 N–H and O–H groups in total. The molecule has 0 spiro atoms. The van der Waals surface area contributed by atoms with Gasteiger partial charge in [0.2, 0.25) is 5.91 Å². The van der Waals surface area contributed by atoms with E-state index in [1.165, 1.54) is 12.1 Å². The SMILES string of the molecule is CCOCC1CCCN(C(=O)CCc2nc(-c3ccc(F)cc3)cs2)C1. The standard InChI is InChI=1S/C20H25FN2O2S/c1-2-25-13-15-4-3-11-23(12-15)20(24)10-9-19-22-18(14-26-19)16-5-7-17(21)8-6-16/h5-8,14-15H,2-4,9-13H2,1H3. The minimum absolute atomic E-state index is 0.199. The third-order valence-corrected chi connectivity index (χ3v) is 5.58. The maximum atomic E-state index is 13.0. The number of amides is 1. The van der Waals surface area contributed by atoms with Crippen LogP contribution in [-0.4, -0.2) is 42.1 Å². The summed E-state index contributed by atoms with van der Waals surface area (Å²) in [6.07, 6.45) is 3.32. The van der Waals surface area contributed by atoms with Crippen molar-refractivity contribution in [2.45, 2.75) is 32.6 Å². The van der Waals surface area contributed by atoms with Crippen LogP contribution in [0.1, 0.15) is 31.2 Å². The fourth-order valence-corrected chi connectivity index (χ4v) is 4.07. The maximum absolute atomic E-state index is 13.0. The normalized spacial score (nSPS) is 17.5. The molecule has 1 aromatic heterocycles. The van der Waals surface area contributed by atoms with E-state index in [9.17, 15) is 9.18 Å². The van der Waals surface area contributed by atoms with Gasteiger partial charge in [-0.05, 0) is 49.9 Å². The van der Waals surface area contributed by atoms with Gasteiger partial charge in [-0.1, -0.05) is 0 Å². The van der Waals surface area contributed by atoms with Gasteiger partial charge in [0, 0.05) is 43.5 Å². The van der Waals surface area contributed by atoms with Gasteiger partial charge in [0.05, 0.1) is 17.3 Å². The number of rotatable bonds is 7. The minimum atomic E-state index is -0.251. The third-order valence-electron chi connectivity index (χ3n) is 4.67. The molecule has 1 atom stereocenters. The van der Waals surface area contributed by atoms with Crippen LogP contribution in [0, 0.1) is 11.7 Å². The number of likely N-dealkylation sites (tertiary alicyclic amines) is 1. The summed E-state index contributed by atoms with van der Waals surface area (Å²) < 4.78 is 18.5. The van der Waals surface area contributed by atoms with E-state index >= 15 is 0 Å². The second-order valence-electron chi connectivity index (χ2n) is 6.64. The Bertz CT molecular complexity index is 717. The number of ether oxygens (including phenoxy) is 1. The number of hydrogen-bond acceptors (Lipinski definition) is 4. The van der Waals surface area contributed by atoms with Crippen molar-refractivity contribution in [2.75, 3.05) is 26.3 Å². The molecule has 2 aromatic rings. The first kappa shape index (κ1) is 19.0. The van der Waals surface area contributed by atoms with Crippen LogP contribution in [0.25, 0.3) is 11.3 Å². The molecule has 1 fully saturated rings. The predicted octanol–water partition coefficient (Wildman–Crippen LogP) is 4.16. The number of thiazole rings is 1. The number of nitrogens with zero attached hydrogens (tertiary/aromatic N) is 2. The molecular weight excluding hydrogens is 351 g/mol. The molecule has 1 aliphatic heterocycles. The minimum Gasteiger partial charge on any atom is -0.381 e. The highest BCUT2D eigenvalue weighted by Gasteiger charge is 2.23. The van der Waals surface area contributed by atoms with Gasteiger partial charge in [-0.15, -0.1) is 11.3 Å². The molecule has 3 rings (SSSR count). The van der Waals surface area contributed by atoms with Crippen LogP contribution in [0.15, 0.2) is 29.6 Å². The molecule has 1 aliphatic rings. The summed E-state index contributed by atoms with van der Waals surface area (Å²) in [6.45, 7) is 5.12. The molecule has 0 bridgehead atoms. The molecule has 140 valence electrons. The van der Waals surface area contributed by atoms with E-state index in [1.807, 2.05) is 17.2 Å². The van der Waals surface area contributed by atoms with Crippen molar-refractivity contribution in [1.29, 1.82) is 0 Å². The molecule has 26 heavy (non-hydrogen) atoms. The Morgan fingerprint density at radius 1 is 1.38 bits per heavy atom. The van der Waals surface area contributed by atoms with Crippen LogP contribution >= 0.6 is 11.3 Å². The summed E-state index contributed by atoms with van der Waals surface area (Å²) in [6, 6.07) is 6.33. The van der Waals surface area contributed by atoms with E-state index in [2.05, 4.69) is 4.98 Å². The molecular formula is C20H25FN2O2S. The lowest BCUT2D eigenvalue weighted by Crippen LogP contribution is -2.41. The number of piperidine rings is 1. The van der Waals surface area contributed by atoms with Crippen molar-refractivity contribution in [1.82, 2.24) is 9.88 Å². The molecule has 0 aliphatic carbocycles. The summed E-state index contributed by atoms with van der Waals surface area (Å²) in [5.41, 5.74) is 1.74. The first-order valence-corrected chi connectivity index (χ1v) is 10.1.